The number of sulfonamides is 1. The molecule has 2 N–H and O–H groups in total. The number of anilines is 1. The minimum atomic E-state index is -3.77. The average molecular weight is 406 g/mol. The highest BCUT2D eigenvalue weighted by molar-refractivity contribution is 7.99. The number of nitrogens with two attached hydrogens (primary N) is 1. The Morgan fingerprint density at radius 2 is 2.15 bits per heavy atom. The summed E-state index contributed by atoms with van der Waals surface area (Å²) >= 11 is 1.13. The molecule has 0 fully saturated rings. The van der Waals surface area contributed by atoms with Crippen LogP contribution in [0.4, 0.5) is 5.69 Å². The first-order valence-corrected chi connectivity index (χ1v) is 10.4. The van der Waals surface area contributed by atoms with Crippen molar-refractivity contribution in [2.75, 3.05) is 17.2 Å². The van der Waals surface area contributed by atoms with Crippen molar-refractivity contribution in [1.82, 2.24) is 10.2 Å². The van der Waals surface area contributed by atoms with Crippen LogP contribution in [-0.4, -0.2) is 36.8 Å². The molecule has 0 aliphatic carbocycles. The monoisotopic (exact) mass is 406 g/mol. The molecule has 0 radical (unpaired) electrons. The lowest BCUT2D eigenvalue weighted by molar-refractivity contribution is -0.116. The number of furan rings is 1. The van der Waals surface area contributed by atoms with Crippen LogP contribution in [0.3, 0.4) is 0 Å². The molecule has 9 nitrogen and oxygen atoms in total. The smallest absolute Gasteiger partial charge is 0.284 e. The van der Waals surface area contributed by atoms with Gasteiger partial charge in [0.15, 0.2) is 5.76 Å². The van der Waals surface area contributed by atoms with Gasteiger partial charge in [-0.3, -0.25) is 4.79 Å². The SMILES string of the molecule is NS(=O)(=O)c1ccc2c(c1)CCN2C(=O)CSc1nnc(-c2ccco2)o1. The van der Waals surface area contributed by atoms with Gasteiger partial charge < -0.3 is 13.7 Å². The molecule has 0 bridgehead atoms. The second-order valence-corrected chi connectivity index (χ2v) is 8.26. The first-order chi connectivity index (χ1) is 12.9. The predicted molar refractivity (Wildman–Crippen MR) is 96.6 cm³/mol. The summed E-state index contributed by atoms with van der Waals surface area (Å²) in [7, 11) is -3.77. The number of thioether (sulfide) groups is 1. The van der Waals surface area contributed by atoms with Crippen LogP contribution in [-0.2, 0) is 21.2 Å². The topological polar surface area (TPSA) is 133 Å². The number of amides is 1. The third-order valence-electron chi connectivity index (χ3n) is 4.03. The Bertz CT molecular complexity index is 1090. The second-order valence-electron chi connectivity index (χ2n) is 5.77. The van der Waals surface area contributed by atoms with Gasteiger partial charge in [0.2, 0.25) is 15.9 Å². The number of aromatic nitrogens is 2. The van der Waals surface area contributed by atoms with E-state index in [0.717, 1.165) is 17.3 Å². The lowest BCUT2D eigenvalue weighted by atomic mass is 10.2. The molecule has 0 spiro atoms. The van der Waals surface area contributed by atoms with E-state index in [1.807, 2.05) is 0 Å². The molecule has 0 atom stereocenters. The van der Waals surface area contributed by atoms with E-state index in [9.17, 15) is 13.2 Å². The van der Waals surface area contributed by atoms with Gasteiger partial charge in [-0.15, -0.1) is 10.2 Å². The summed E-state index contributed by atoms with van der Waals surface area (Å²) in [4.78, 5) is 14.2. The number of benzene rings is 1. The molecular formula is C16H14N4O5S2. The first-order valence-electron chi connectivity index (χ1n) is 7.88. The zero-order valence-electron chi connectivity index (χ0n) is 13.9. The van der Waals surface area contributed by atoms with Crippen LogP contribution in [0.15, 0.2) is 55.5 Å². The highest BCUT2D eigenvalue weighted by atomic mass is 32.2. The van der Waals surface area contributed by atoms with Gasteiger partial charge in [-0.05, 0) is 42.3 Å². The molecule has 4 rings (SSSR count). The summed E-state index contributed by atoms with van der Waals surface area (Å²) in [5.74, 6) is 0.674. The fourth-order valence-electron chi connectivity index (χ4n) is 2.78. The molecule has 3 heterocycles. The normalized spacial score (nSPS) is 13.7. The molecule has 3 aromatic rings. The third-order valence-corrected chi connectivity index (χ3v) is 5.75. The number of primary sulfonamides is 1. The van der Waals surface area contributed by atoms with E-state index in [1.54, 1.807) is 23.1 Å². The van der Waals surface area contributed by atoms with Gasteiger partial charge in [0, 0.05) is 12.2 Å². The van der Waals surface area contributed by atoms with Gasteiger partial charge in [0.05, 0.1) is 16.9 Å². The highest BCUT2D eigenvalue weighted by Gasteiger charge is 2.26. The van der Waals surface area contributed by atoms with E-state index in [0.29, 0.717) is 24.4 Å². The number of rotatable bonds is 5. The van der Waals surface area contributed by atoms with Crippen LogP contribution in [0.1, 0.15) is 5.56 Å². The molecule has 0 saturated heterocycles. The predicted octanol–water partition coefficient (Wildman–Crippen LogP) is 1.66. The average Bonchev–Trinajstić information content (AvgIpc) is 3.37. The maximum atomic E-state index is 12.6. The van der Waals surface area contributed by atoms with Gasteiger partial charge >= 0.3 is 0 Å². The van der Waals surface area contributed by atoms with E-state index in [1.165, 1.54) is 18.4 Å². The lowest BCUT2D eigenvalue weighted by Crippen LogP contribution is -2.30. The fraction of sp³-hybridized carbons (Fsp3) is 0.188. The van der Waals surface area contributed by atoms with Gasteiger partial charge in [-0.2, -0.15) is 0 Å². The number of carbonyl (C=O) groups excluding carboxylic acids is 1. The van der Waals surface area contributed by atoms with Crippen molar-refractivity contribution in [2.45, 2.75) is 16.5 Å². The van der Waals surface area contributed by atoms with E-state index in [4.69, 9.17) is 14.0 Å². The van der Waals surface area contributed by atoms with Crippen LogP contribution in [0.2, 0.25) is 0 Å². The molecule has 0 saturated carbocycles. The highest BCUT2D eigenvalue weighted by Crippen LogP contribution is 2.31. The first kappa shape index (κ1) is 17.8. The minimum Gasteiger partial charge on any atom is -0.459 e. The van der Waals surface area contributed by atoms with Crippen molar-refractivity contribution in [3.63, 3.8) is 0 Å². The quantitative estimate of drug-likeness (QED) is 0.633. The second kappa shape index (κ2) is 6.83. The summed E-state index contributed by atoms with van der Waals surface area (Å²) in [6.45, 7) is 0.476. The van der Waals surface area contributed by atoms with Crippen molar-refractivity contribution in [3.8, 4) is 11.7 Å². The fourth-order valence-corrected chi connectivity index (χ4v) is 3.99. The summed E-state index contributed by atoms with van der Waals surface area (Å²) in [5.41, 5.74) is 1.47. The van der Waals surface area contributed by atoms with Crippen molar-refractivity contribution < 1.29 is 22.0 Å². The van der Waals surface area contributed by atoms with Gasteiger partial charge in [0.25, 0.3) is 11.1 Å². The van der Waals surface area contributed by atoms with Crippen molar-refractivity contribution in [1.29, 1.82) is 0 Å². The number of hydrogen-bond donors (Lipinski definition) is 1. The lowest BCUT2D eigenvalue weighted by Gasteiger charge is -2.16. The molecule has 27 heavy (non-hydrogen) atoms. The van der Waals surface area contributed by atoms with E-state index < -0.39 is 10.0 Å². The molecule has 1 aliphatic heterocycles. The molecule has 2 aromatic heterocycles. The van der Waals surface area contributed by atoms with E-state index in [2.05, 4.69) is 10.2 Å². The Morgan fingerprint density at radius 3 is 2.89 bits per heavy atom. The Hall–Kier alpha value is -2.63. The largest absolute Gasteiger partial charge is 0.459 e. The van der Waals surface area contributed by atoms with Crippen LogP contribution in [0.25, 0.3) is 11.7 Å². The van der Waals surface area contributed by atoms with Gasteiger partial charge in [-0.25, -0.2) is 13.6 Å². The van der Waals surface area contributed by atoms with Gasteiger partial charge in [0.1, 0.15) is 0 Å². The number of hydrogen-bond acceptors (Lipinski definition) is 8. The van der Waals surface area contributed by atoms with Crippen molar-refractivity contribution in [2.24, 2.45) is 5.14 Å². The van der Waals surface area contributed by atoms with Crippen LogP contribution >= 0.6 is 11.8 Å². The Morgan fingerprint density at radius 1 is 1.30 bits per heavy atom. The molecule has 140 valence electrons. The zero-order chi connectivity index (χ0) is 19.0. The molecule has 1 aromatic carbocycles. The van der Waals surface area contributed by atoms with E-state index in [-0.39, 0.29) is 27.7 Å². The maximum absolute atomic E-state index is 12.6. The standard InChI is InChI=1S/C16H14N4O5S2/c17-27(22,23)11-3-4-12-10(8-11)5-6-20(12)14(21)9-26-16-19-18-15(25-16)13-2-1-7-24-13/h1-4,7-8H,5-6,9H2,(H2,17,22,23). The minimum absolute atomic E-state index is 0.0428. The molecule has 0 unspecified atom stereocenters. The molecule has 1 aliphatic rings. The van der Waals surface area contributed by atoms with Crippen molar-refractivity contribution >= 4 is 33.4 Å². The Balaban J connectivity index is 1.43. The van der Waals surface area contributed by atoms with Crippen LogP contribution in [0, 0.1) is 0 Å². The summed E-state index contributed by atoms with van der Waals surface area (Å²) < 4.78 is 33.6. The van der Waals surface area contributed by atoms with Crippen LogP contribution in [0.5, 0.6) is 0 Å². The number of carbonyl (C=O) groups is 1. The molecular weight excluding hydrogens is 392 g/mol. The third kappa shape index (κ3) is 3.61. The molecule has 1 amide bonds. The summed E-state index contributed by atoms with van der Waals surface area (Å²) in [6.07, 6.45) is 2.07. The Labute approximate surface area is 158 Å². The van der Waals surface area contributed by atoms with E-state index >= 15 is 0 Å². The number of nitrogens with zero attached hydrogens (tertiary/aromatic N) is 3. The van der Waals surface area contributed by atoms with Crippen LogP contribution < -0.4 is 10.0 Å². The summed E-state index contributed by atoms with van der Waals surface area (Å²) in [6, 6.07) is 7.93. The number of fused-ring (bicyclic) bond motifs is 1. The van der Waals surface area contributed by atoms with Crippen molar-refractivity contribution in [3.05, 3.63) is 42.2 Å². The summed E-state index contributed by atoms with van der Waals surface area (Å²) in [5, 5.41) is 13.2. The maximum Gasteiger partial charge on any atom is 0.284 e. The molecule has 11 heteroatoms. The zero-order valence-corrected chi connectivity index (χ0v) is 15.5. The van der Waals surface area contributed by atoms with Gasteiger partial charge in [-0.1, -0.05) is 11.8 Å². The Kier molecular flexibility index (Phi) is 4.50.